The van der Waals surface area contributed by atoms with E-state index in [1.54, 1.807) is 11.3 Å². The minimum Gasteiger partial charge on any atom is -0.368 e. The Morgan fingerprint density at radius 2 is 2.14 bits per heavy atom. The van der Waals surface area contributed by atoms with Crippen LogP contribution < -0.4 is 5.73 Å². The Labute approximate surface area is 133 Å². The molecule has 0 aliphatic heterocycles. The monoisotopic (exact) mass is 310 g/mol. The van der Waals surface area contributed by atoms with Gasteiger partial charge >= 0.3 is 0 Å². The largest absolute Gasteiger partial charge is 0.368 e. The first-order valence-electron chi connectivity index (χ1n) is 8.17. The van der Waals surface area contributed by atoms with Crippen LogP contribution in [0.5, 0.6) is 0 Å². The molecule has 1 aliphatic carbocycles. The highest BCUT2D eigenvalue weighted by Gasteiger charge is 2.41. The molecule has 0 spiro atoms. The van der Waals surface area contributed by atoms with E-state index >= 15 is 0 Å². The molecule has 1 aromatic rings. The van der Waals surface area contributed by atoms with Crippen molar-refractivity contribution >= 4 is 11.3 Å². The fraction of sp³-hybridized carbons (Fsp3) is 0.824. The molecule has 0 aromatic carbocycles. The molecule has 1 fully saturated rings. The molecular formula is C17H30N2OS. The van der Waals surface area contributed by atoms with Crippen LogP contribution in [0.25, 0.3) is 0 Å². The summed E-state index contributed by atoms with van der Waals surface area (Å²) in [5, 5.41) is 1.15. The average molecular weight is 311 g/mol. The van der Waals surface area contributed by atoms with Crippen LogP contribution in [-0.4, -0.2) is 11.6 Å². The first-order chi connectivity index (χ1) is 9.82. The van der Waals surface area contributed by atoms with E-state index in [9.17, 15) is 0 Å². The van der Waals surface area contributed by atoms with Gasteiger partial charge in [0, 0.05) is 23.4 Å². The van der Waals surface area contributed by atoms with E-state index < -0.39 is 0 Å². The lowest BCUT2D eigenvalue weighted by molar-refractivity contribution is -0.0821. The van der Waals surface area contributed by atoms with Gasteiger partial charge in [-0.3, -0.25) is 0 Å². The molecule has 1 heterocycles. The summed E-state index contributed by atoms with van der Waals surface area (Å²) in [7, 11) is 0. The van der Waals surface area contributed by atoms with Gasteiger partial charge in [-0.2, -0.15) is 0 Å². The summed E-state index contributed by atoms with van der Waals surface area (Å²) in [6.45, 7) is 12.4. The van der Waals surface area contributed by atoms with Crippen molar-refractivity contribution in [1.82, 2.24) is 4.98 Å². The van der Waals surface area contributed by atoms with Crippen LogP contribution in [0, 0.1) is 5.92 Å². The Bertz CT molecular complexity index is 474. The summed E-state index contributed by atoms with van der Waals surface area (Å²) in [6.07, 6.45) is 4.70. The van der Waals surface area contributed by atoms with Gasteiger partial charge in [0.25, 0.3) is 0 Å². The molecule has 3 nitrogen and oxygen atoms in total. The molecule has 2 unspecified atom stereocenters. The van der Waals surface area contributed by atoms with Crippen LogP contribution >= 0.6 is 11.3 Å². The highest BCUT2D eigenvalue weighted by atomic mass is 32.1. The lowest BCUT2D eigenvalue weighted by Gasteiger charge is -2.38. The van der Waals surface area contributed by atoms with Crippen LogP contribution in [0.2, 0.25) is 0 Å². The van der Waals surface area contributed by atoms with Gasteiger partial charge in [-0.1, -0.05) is 34.1 Å². The molecule has 2 rings (SSSR count). The molecule has 0 amide bonds. The van der Waals surface area contributed by atoms with Crippen LogP contribution in [0.3, 0.4) is 0 Å². The van der Waals surface area contributed by atoms with Crippen molar-refractivity contribution in [3.8, 4) is 0 Å². The zero-order valence-electron chi connectivity index (χ0n) is 14.2. The maximum absolute atomic E-state index is 6.26. The Morgan fingerprint density at radius 3 is 2.62 bits per heavy atom. The molecular weight excluding hydrogens is 280 g/mol. The van der Waals surface area contributed by atoms with E-state index in [0.717, 1.165) is 30.2 Å². The van der Waals surface area contributed by atoms with Crippen LogP contribution in [0.15, 0.2) is 0 Å². The van der Waals surface area contributed by atoms with Crippen molar-refractivity contribution in [2.45, 2.75) is 77.9 Å². The lowest BCUT2D eigenvalue weighted by Crippen LogP contribution is -2.35. The fourth-order valence-electron chi connectivity index (χ4n) is 3.44. The van der Waals surface area contributed by atoms with Crippen LogP contribution in [-0.2, 0) is 22.3 Å². The molecule has 0 bridgehead atoms. The fourth-order valence-corrected chi connectivity index (χ4v) is 4.77. The Morgan fingerprint density at radius 1 is 1.43 bits per heavy atom. The molecule has 21 heavy (non-hydrogen) atoms. The predicted octanol–water partition coefficient (Wildman–Crippen LogP) is 4.34. The molecule has 120 valence electrons. The quantitative estimate of drug-likeness (QED) is 0.900. The van der Waals surface area contributed by atoms with E-state index in [2.05, 4.69) is 34.6 Å². The molecule has 2 N–H and O–H groups in total. The Kier molecular flexibility index (Phi) is 5.11. The number of ether oxygens (including phenoxy) is 1. The second kappa shape index (κ2) is 6.35. The molecule has 2 atom stereocenters. The maximum atomic E-state index is 6.26. The van der Waals surface area contributed by atoms with Crippen molar-refractivity contribution < 1.29 is 4.74 Å². The summed E-state index contributed by atoms with van der Waals surface area (Å²) in [6, 6.07) is 0. The second-order valence-corrected chi connectivity index (χ2v) is 8.46. The molecule has 1 aromatic heterocycles. The summed E-state index contributed by atoms with van der Waals surface area (Å²) in [5.41, 5.74) is 6.98. The van der Waals surface area contributed by atoms with Crippen molar-refractivity contribution in [2.75, 3.05) is 6.61 Å². The highest BCUT2D eigenvalue weighted by molar-refractivity contribution is 7.11. The van der Waals surface area contributed by atoms with Gasteiger partial charge in [0.1, 0.15) is 10.6 Å². The number of thiazole rings is 1. The minimum absolute atomic E-state index is 0.0388. The zero-order chi connectivity index (χ0) is 15.7. The van der Waals surface area contributed by atoms with Crippen molar-refractivity contribution in [3.05, 3.63) is 15.6 Å². The topological polar surface area (TPSA) is 48.1 Å². The van der Waals surface area contributed by atoms with E-state index in [-0.39, 0.29) is 11.0 Å². The van der Waals surface area contributed by atoms with Gasteiger partial charge in [0.2, 0.25) is 0 Å². The highest BCUT2D eigenvalue weighted by Crippen LogP contribution is 2.45. The summed E-state index contributed by atoms with van der Waals surface area (Å²) < 4.78 is 6.26. The minimum atomic E-state index is -0.176. The van der Waals surface area contributed by atoms with E-state index in [1.165, 1.54) is 17.7 Å². The van der Waals surface area contributed by atoms with Crippen LogP contribution in [0.1, 0.15) is 75.9 Å². The normalized spacial score (nSPS) is 27.0. The standard InChI is InChI=1S/C17H30N2OS/c1-6-20-17(9-7-8-12(2)10-17)15-19-14(16(3,4)5)13(11-18)21-15/h12H,6-11,18H2,1-5H3. The maximum Gasteiger partial charge on any atom is 0.125 e. The van der Waals surface area contributed by atoms with Gasteiger partial charge < -0.3 is 10.5 Å². The Hall–Kier alpha value is -0.450. The summed E-state index contributed by atoms with van der Waals surface area (Å²) in [4.78, 5) is 6.23. The van der Waals surface area contributed by atoms with E-state index in [1.807, 2.05) is 0 Å². The van der Waals surface area contributed by atoms with E-state index in [0.29, 0.717) is 12.5 Å². The number of hydrogen-bond donors (Lipinski definition) is 1. The number of aromatic nitrogens is 1. The SMILES string of the molecule is CCOC1(c2nc(C(C)(C)C)c(CN)s2)CCCC(C)C1. The number of nitrogens with two attached hydrogens (primary N) is 1. The third kappa shape index (κ3) is 3.49. The predicted molar refractivity (Wildman–Crippen MR) is 89.6 cm³/mol. The third-order valence-electron chi connectivity index (χ3n) is 4.36. The zero-order valence-corrected chi connectivity index (χ0v) is 15.0. The van der Waals surface area contributed by atoms with E-state index in [4.69, 9.17) is 15.5 Å². The van der Waals surface area contributed by atoms with Gasteiger partial charge in [-0.05, 0) is 32.1 Å². The second-order valence-electron chi connectivity index (χ2n) is 7.37. The van der Waals surface area contributed by atoms with Gasteiger partial charge in [-0.15, -0.1) is 11.3 Å². The molecule has 4 heteroatoms. The Balaban J connectivity index is 2.44. The summed E-state index contributed by atoms with van der Waals surface area (Å²) >= 11 is 1.77. The number of hydrogen-bond acceptors (Lipinski definition) is 4. The van der Waals surface area contributed by atoms with Gasteiger partial charge in [0.05, 0.1) is 5.69 Å². The lowest BCUT2D eigenvalue weighted by atomic mass is 9.79. The van der Waals surface area contributed by atoms with Gasteiger partial charge in [-0.25, -0.2) is 4.98 Å². The third-order valence-corrected chi connectivity index (χ3v) is 5.62. The van der Waals surface area contributed by atoms with Gasteiger partial charge in [0.15, 0.2) is 0 Å². The number of nitrogens with zero attached hydrogens (tertiary/aromatic N) is 1. The van der Waals surface area contributed by atoms with Crippen molar-refractivity contribution in [1.29, 1.82) is 0 Å². The van der Waals surface area contributed by atoms with Crippen molar-refractivity contribution in [2.24, 2.45) is 11.7 Å². The van der Waals surface area contributed by atoms with Crippen LogP contribution in [0.4, 0.5) is 0 Å². The molecule has 0 radical (unpaired) electrons. The first-order valence-corrected chi connectivity index (χ1v) is 8.98. The smallest absolute Gasteiger partial charge is 0.125 e. The average Bonchev–Trinajstić information content (AvgIpc) is 2.83. The molecule has 1 saturated carbocycles. The summed E-state index contributed by atoms with van der Waals surface area (Å²) in [5.74, 6) is 0.702. The van der Waals surface area contributed by atoms with Crippen molar-refractivity contribution in [3.63, 3.8) is 0 Å². The molecule has 1 aliphatic rings. The first kappa shape index (κ1) is 16.9. The molecule has 0 saturated heterocycles. The number of rotatable bonds is 4.